The summed E-state index contributed by atoms with van der Waals surface area (Å²) in [6.07, 6.45) is 1.82. The highest BCUT2D eigenvalue weighted by Crippen LogP contribution is 2.31. The Kier molecular flexibility index (Phi) is 5.41. The van der Waals surface area contributed by atoms with Crippen molar-refractivity contribution in [2.75, 3.05) is 25.0 Å². The highest BCUT2D eigenvalue weighted by atomic mass is 32.1. The zero-order valence-corrected chi connectivity index (χ0v) is 14.2. The summed E-state index contributed by atoms with van der Waals surface area (Å²) < 4.78 is 0. The first-order chi connectivity index (χ1) is 9.88. The summed E-state index contributed by atoms with van der Waals surface area (Å²) in [4.78, 5) is 15.6. The monoisotopic (exact) mass is 310 g/mol. The number of rotatable bonds is 4. The molecule has 2 N–H and O–H groups in total. The van der Waals surface area contributed by atoms with E-state index in [-0.39, 0.29) is 12.0 Å². The molecule has 0 bridgehead atoms. The number of amides is 1. The molecular formula is C16H26N2O2S. The van der Waals surface area contributed by atoms with Crippen LogP contribution in [-0.2, 0) is 4.79 Å². The Bertz CT molecular complexity index is 511. The predicted molar refractivity (Wildman–Crippen MR) is 88.0 cm³/mol. The van der Waals surface area contributed by atoms with Gasteiger partial charge in [-0.25, -0.2) is 0 Å². The Morgan fingerprint density at radius 3 is 2.71 bits per heavy atom. The molecule has 0 aromatic carbocycles. The average Bonchev–Trinajstić information content (AvgIpc) is 2.66. The van der Waals surface area contributed by atoms with Gasteiger partial charge in [-0.05, 0) is 64.1 Å². The van der Waals surface area contributed by atoms with Crippen LogP contribution in [0.25, 0.3) is 0 Å². The standard InChI is InChI=1S/C16H26N2O2S/c1-10-11(2)16(21-13(10)4)17-15(20)9-18-7-5-6-14(8-18)12(3)19/h12,14,19H,5-9H2,1-4H3,(H,17,20). The van der Waals surface area contributed by atoms with Crippen molar-refractivity contribution in [3.63, 3.8) is 0 Å². The molecule has 0 aliphatic carbocycles. The number of aliphatic hydroxyl groups is 1. The van der Waals surface area contributed by atoms with E-state index in [1.807, 2.05) is 6.92 Å². The zero-order valence-electron chi connectivity index (χ0n) is 13.4. The molecule has 1 aliphatic heterocycles. The van der Waals surface area contributed by atoms with Crippen molar-refractivity contribution in [1.82, 2.24) is 4.90 Å². The van der Waals surface area contributed by atoms with Crippen LogP contribution in [0.2, 0.25) is 0 Å². The Hall–Kier alpha value is -0.910. The number of piperidine rings is 1. The summed E-state index contributed by atoms with van der Waals surface area (Å²) in [5.41, 5.74) is 2.44. The molecule has 5 heteroatoms. The van der Waals surface area contributed by atoms with Gasteiger partial charge in [0.05, 0.1) is 17.6 Å². The average molecular weight is 310 g/mol. The van der Waals surface area contributed by atoms with Crippen LogP contribution >= 0.6 is 11.3 Å². The smallest absolute Gasteiger partial charge is 0.239 e. The van der Waals surface area contributed by atoms with Crippen molar-refractivity contribution in [1.29, 1.82) is 0 Å². The Labute approximate surface area is 131 Å². The highest BCUT2D eigenvalue weighted by Gasteiger charge is 2.24. The van der Waals surface area contributed by atoms with Crippen molar-refractivity contribution in [3.8, 4) is 0 Å². The second kappa shape index (κ2) is 6.90. The van der Waals surface area contributed by atoms with Crippen LogP contribution in [0, 0.1) is 26.7 Å². The quantitative estimate of drug-likeness (QED) is 0.899. The summed E-state index contributed by atoms with van der Waals surface area (Å²) in [5, 5.41) is 13.7. The Morgan fingerprint density at radius 2 is 2.14 bits per heavy atom. The van der Waals surface area contributed by atoms with E-state index in [1.54, 1.807) is 11.3 Å². The van der Waals surface area contributed by atoms with Gasteiger partial charge in [-0.2, -0.15) is 0 Å². The maximum Gasteiger partial charge on any atom is 0.239 e. The normalized spacial score (nSPS) is 21.3. The van der Waals surface area contributed by atoms with Crippen LogP contribution in [0.1, 0.15) is 35.8 Å². The first-order valence-electron chi connectivity index (χ1n) is 7.65. The van der Waals surface area contributed by atoms with Gasteiger partial charge >= 0.3 is 0 Å². The summed E-state index contributed by atoms with van der Waals surface area (Å²) in [5.74, 6) is 0.338. The number of likely N-dealkylation sites (tertiary alicyclic amines) is 1. The lowest BCUT2D eigenvalue weighted by Gasteiger charge is -2.33. The zero-order chi connectivity index (χ0) is 15.6. The summed E-state index contributed by atoms with van der Waals surface area (Å²) >= 11 is 1.65. The van der Waals surface area contributed by atoms with Gasteiger partial charge in [0.1, 0.15) is 0 Å². The van der Waals surface area contributed by atoms with Gasteiger partial charge in [0, 0.05) is 11.4 Å². The number of aliphatic hydroxyl groups excluding tert-OH is 1. The summed E-state index contributed by atoms with van der Waals surface area (Å²) in [6.45, 7) is 10.2. The van der Waals surface area contributed by atoms with Gasteiger partial charge in [-0.15, -0.1) is 11.3 Å². The van der Waals surface area contributed by atoms with Gasteiger partial charge in [0.25, 0.3) is 0 Å². The number of thiophene rings is 1. The minimum Gasteiger partial charge on any atom is -0.393 e. The third-order valence-electron chi connectivity index (χ3n) is 4.53. The molecule has 2 heterocycles. The molecular weight excluding hydrogens is 284 g/mol. The van der Waals surface area contributed by atoms with E-state index in [0.29, 0.717) is 12.5 Å². The molecule has 1 aromatic heterocycles. The fraction of sp³-hybridized carbons (Fsp3) is 0.688. The van der Waals surface area contributed by atoms with E-state index in [9.17, 15) is 9.90 Å². The third kappa shape index (κ3) is 4.05. The fourth-order valence-electron chi connectivity index (χ4n) is 2.86. The molecule has 1 fully saturated rings. The van der Waals surface area contributed by atoms with E-state index in [1.165, 1.54) is 16.0 Å². The van der Waals surface area contributed by atoms with Crippen molar-refractivity contribution in [2.24, 2.45) is 5.92 Å². The molecule has 118 valence electrons. The van der Waals surface area contributed by atoms with Crippen molar-refractivity contribution < 1.29 is 9.90 Å². The van der Waals surface area contributed by atoms with E-state index >= 15 is 0 Å². The largest absolute Gasteiger partial charge is 0.393 e. The molecule has 4 nitrogen and oxygen atoms in total. The number of nitrogens with one attached hydrogen (secondary N) is 1. The SMILES string of the molecule is Cc1sc(NC(=O)CN2CCCC(C(C)O)C2)c(C)c1C. The predicted octanol–water partition coefficient (Wildman–Crippen LogP) is 2.70. The molecule has 0 saturated carbocycles. The molecule has 2 unspecified atom stereocenters. The van der Waals surface area contributed by atoms with E-state index in [4.69, 9.17) is 0 Å². The van der Waals surface area contributed by atoms with E-state index in [2.05, 4.69) is 31.0 Å². The number of nitrogens with zero attached hydrogens (tertiary/aromatic N) is 1. The summed E-state index contributed by atoms with van der Waals surface area (Å²) in [7, 11) is 0. The molecule has 1 saturated heterocycles. The van der Waals surface area contributed by atoms with E-state index < -0.39 is 0 Å². The lowest BCUT2D eigenvalue weighted by Crippen LogP contribution is -2.43. The number of hydrogen-bond acceptors (Lipinski definition) is 4. The topological polar surface area (TPSA) is 52.6 Å². The number of anilines is 1. The molecule has 0 radical (unpaired) electrons. The van der Waals surface area contributed by atoms with E-state index in [0.717, 1.165) is 30.9 Å². The highest BCUT2D eigenvalue weighted by molar-refractivity contribution is 7.16. The van der Waals surface area contributed by atoms with Crippen LogP contribution in [0.15, 0.2) is 0 Å². The maximum absolute atomic E-state index is 12.2. The van der Waals surface area contributed by atoms with Crippen LogP contribution < -0.4 is 5.32 Å². The van der Waals surface area contributed by atoms with Crippen LogP contribution in [0.4, 0.5) is 5.00 Å². The molecule has 1 aliphatic rings. The summed E-state index contributed by atoms with van der Waals surface area (Å²) in [6, 6.07) is 0. The third-order valence-corrected chi connectivity index (χ3v) is 5.76. The molecule has 2 atom stereocenters. The minimum absolute atomic E-state index is 0.0468. The Morgan fingerprint density at radius 1 is 1.43 bits per heavy atom. The first-order valence-corrected chi connectivity index (χ1v) is 8.47. The number of hydrogen-bond donors (Lipinski definition) is 2. The lowest BCUT2D eigenvalue weighted by molar-refractivity contribution is -0.118. The van der Waals surface area contributed by atoms with Crippen LogP contribution in [0.5, 0.6) is 0 Å². The molecule has 1 aromatic rings. The second-order valence-electron chi connectivity index (χ2n) is 6.16. The number of aryl methyl sites for hydroxylation is 1. The van der Waals surface area contributed by atoms with Crippen molar-refractivity contribution in [2.45, 2.75) is 46.6 Å². The second-order valence-corrected chi connectivity index (χ2v) is 7.39. The molecule has 2 rings (SSSR count). The first kappa shape index (κ1) is 16.5. The lowest BCUT2D eigenvalue weighted by atomic mass is 9.93. The van der Waals surface area contributed by atoms with Gasteiger partial charge in [0.15, 0.2) is 0 Å². The van der Waals surface area contributed by atoms with Gasteiger partial charge in [0.2, 0.25) is 5.91 Å². The molecule has 21 heavy (non-hydrogen) atoms. The van der Waals surface area contributed by atoms with Crippen LogP contribution in [-0.4, -0.2) is 41.7 Å². The van der Waals surface area contributed by atoms with Gasteiger partial charge in [-0.3, -0.25) is 9.69 Å². The van der Waals surface area contributed by atoms with Crippen LogP contribution in [0.3, 0.4) is 0 Å². The maximum atomic E-state index is 12.2. The van der Waals surface area contributed by atoms with Crippen molar-refractivity contribution in [3.05, 3.63) is 16.0 Å². The van der Waals surface area contributed by atoms with Gasteiger partial charge in [-0.1, -0.05) is 0 Å². The Balaban J connectivity index is 1.91. The number of carbonyl (C=O) groups excluding carboxylic acids is 1. The van der Waals surface area contributed by atoms with Gasteiger partial charge < -0.3 is 10.4 Å². The molecule has 1 amide bonds. The van der Waals surface area contributed by atoms with Crippen molar-refractivity contribution >= 4 is 22.2 Å². The minimum atomic E-state index is -0.291. The molecule has 0 spiro atoms. The number of carbonyl (C=O) groups is 1. The fourth-order valence-corrected chi connectivity index (χ4v) is 3.94.